The molecule has 0 saturated heterocycles. The third-order valence-corrected chi connectivity index (χ3v) is 3.50. The maximum atomic E-state index is 2.29. The molecule has 58 valence electrons. The topological polar surface area (TPSA) is 0 Å². The van der Waals surface area contributed by atoms with Gasteiger partial charge in [0.1, 0.15) is 0 Å². The van der Waals surface area contributed by atoms with Crippen LogP contribution < -0.4 is 0 Å². The van der Waals surface area contributed by atoms with Gasteiger partial charge in [-0.15, -0.1) is 11.8 Å². The summed E-state index contributed by atoms with van der Waals surface area (Å²) in [6, 6.07) is 0. The second-order valence-corrected chi connectivity index (χ2v) is 4.70. The average Bonchev–Trinajstić information content (AvgIpc) is 2.41. The van der Waals surface area contributed by atoms with E-state index in [4.69, 9.17) is 0 Å². The Morgan fingerprint density at radius 1 is 1.70 bits per heavy atom. The molecule has 1 aliphatic rings. The third kappa shape index (κ3) is 3.02. The van der Waals surface area contributed by atoms with Crippen molar-refractivity contribution in [3.63, 3.8) is 0 Å². The number of thioether (sulfide) groups is 2. The minimum absolute atomic E-state index is 0.909. The highest BCUT2D eigenvalue weighted by Crippen LogP contribution is 2.27. The molecule has 1 heterocycles. The minimum atomic E-state index is 0.909. The molecule has 0 bridgehead atoms. The van der Waals surface area contributed by atoms with Gasteiger partial charge in [-0.1, -0.05) is 6.08 Å². The van der Waals surface area contributed by atoms with Crippen LogP contribution in [0.25, 0.3) is 0 Å². The Labute approximate surface area is 71.8 Å². The fraction of sp³-hybridized carbons (Fsp3) is 0.750. The average molecular weight is 174 g/mol. The Kier molecular flexibility index (Phi) is 4.39. The molecule has 0 fully saturated rings. The Morgan fingerprint density at radius 2 is 2.60 bits per heavy atom. The minimum Gasteiger partial charge on any atom is -0.165 e. The molecule has 0 N–H and O–H groups in total. The number of rotatable bonds is 4. The van der Waals surface area contributed by atoms with E-state index in [2.05, 4.69) is 17.7 Å². The van der Waals surface area contributed by atoms with Crippen LogP contribution in [0.2, 0.25) is 0 Å². The first kappa shape index (κ1) is 8.54. The first-order chi connectivity index (χ1) is 4.93. The number of allylic oxidation sites excluding steroid dienone is 1. The van der Waals surface area contributed by atoms with Crippen LogP contribution in [0.1, 0.15) is 19.3 Å². The van der Waals surface area contributed by atoms with E-state index in [1.165, 1.54) is 25.0 Å². The van der Waals surface area contributed by atoms with Crippen LogP contribution >= 0.6 is 23.5 Å². The predicted octanol–water partition coefficient (Wildman–Crippen LogP) is 3.15. The van der Waals surface area contributed by atoms with E-state index in [-0.39, 0.29) is 0 Å². The van der Waals surface area contributed by atoms with E-state index < -0.39 is 0 Å². The molecule has 0 nitrogen and oxygen atoms in total. The monoisotopic (exact) mass is 174 g/mol. The van der Waals surface area contributed by atoms with Crippen molar-refractivity contribution in [2.45, 2.75) is 24.5 Å². The van der Waals surface area contributed by atoms with Crippen molar-refractivity contribution in [2.75, 3.05) is 12.0 Å². The van der Waals surface area contributed by atoms with Gasteiger partial charge in [0.25, 0.3) is 0 Å². The van der Waals surface area contributed by atoms with Gasteiger partial charge in [0, 0.05) is 5.25 Å². The summed E-state index contributed by atoms with van der Waals surface area (Å²) in [7, 11) is 0. The molecule has 0 radical (unpaired) electrons. The second-order valence-electron chi connectivity index (χ2n) is 2.50. The van der Waals surface area contributed by atoms with E-state index in [0.29, 0.717) is 0 Å². The van der Waals surface area contributed by atoms with E-state index in [1.54, 1.807) is 0 Å². The fourth-order valence-electron chi connectivity index (χ4n) is 1.07. The zero-order chi connectivity index (χ0) is 7.23. The summed E-state index contributed by atoms with van der Waals surface area (Å²) in [6.45, 7) is 0. The molecule has 0 spiro atoms. The highest BCUT2D eigenvalue weighted by atomic mass is 32.2. The van der Waals surface area contributed by atoms with Gasteiger partial charge < -0.3 is 0 Å². The molecule has 1 aliphatic heterocycles. The molecule has 0 aromatic rings. The Bertz CT molecular complexity index is 102. The predicted molar refractivity (Wildman–Crippen MR) is 52.8 cm³/mol. The number of hydrogen-bond acceptors (Lipinski definition) is 2. The first-order valence-electron chi connectivity index (χ1n) is 3.73. The molecule has 1 unspecified atom stereocenters. The van der Waals surface area contributed by atoms with Gasteiger partial charge in [-0.25, -0.2) is 0 Å². The van der Waals surface area contributed by atoms with Crippen LogP contribution in [0.15, 0.2) is 11.5 Å². The van der Waals surface area contributed by atoms with Crippen molar-refractivity contribution in [2.24, 2.45) is 0 Å². The number of hydrogen-bond donors (Lipinski definition) is 0. The Balaban J connectivity index is 1.93. The molecular weight excluding hydrogens is 160 g/mol. The quantitative estimate of drug-likeness (QED) is 0.600. The second kappa shape index (κ2) is 5.14. The van der Waals surface area contributed by atoms with Gasteiger partial charge in [0.15, 0.2) is 0 Å². The summed E-state index contributed by atoms with van der Waals surface area (Å²) in [4.78, 5) is 0. The van der Waals surface area contributed by atoms with Gasteiger partial charge in [0.05, 0.1) is 0 Å². The normalized spacial score (nSPS) is 23.9. The molecule has 1 rings (SSSR count). The van der Waals surface area contributed by atoms with Crippen LogP contribution in [0, 0.1) is 0 Å². The van der Waals surface area contributed by atoms with Crippen molar-refractivity contribution in [1.82, 2.24) is 0 Å². The first-order valence-corrected chi connectivity index (χ1v) is 6.06. The lowest BCUT2D eigenvalue weighted by Gasteiger charge is -2.05. The summed E-state index contributed by atoms with van der Waals surface area (Å²) < 4.78 is 0. The van der Waals surface area contributed by atoms with E-state index in [1.807, 2.05) is 23.5 Å². The largest absolute Gasteiger partial charge is 0.165 e. The van der Waals surface area contributed by atoms with Gasteiger partial charge in [-0.2, -0.15) is 11.8 Å². The molecule has 0 aromatic heterocycles. The molecule has 1 atom stereocenters. The molecule has 0 aromatic carbocycles. The van der Waals surface area contributed by atoms with Crippen LogP contribution in [-0.4, -0.2) is 17.3 Å². The lowest BCUT2D eigenvalue weighted by Crippen LogP contribution is -1.96. The van der Waals surface area contributed by atoms with E-state index in [9.17, 15) is 0 Å². The molecular formula is C8H14S2. The van der Waals surface area contributed by atoms with Gasteiger partial charge in [0.2, 0.25) is 0 Å². The van der Waals surface area contributed by atoms with Crippen LogP contribution in [0.3, 0.4) is 0 Å². The molecule has 0 amide bonds. The summed E-state index contributed by atoms with van der Waals surface area (Å²) in [5, 5.41) is 3.15. The summed E-state index contributed by atoms with van der Waals surface area (Å²) in [6.07, 6.45) is 8.56. The van der Waals surface area contributed by atoms with Gasteiger partial charge >= 0.3 is 0 Å². The van der Waals surface area contributed by atoms with Crippen LogP contribution in [0.4, 0.5) is 0 Å². The fourth-order valence-corrected chi connectivity index (χ4v) is 2.50. The Morgan fingerprint density at radius 3 is 3.20 bits per heavy atom. The highest BCUT2D eigenvalue weighted by Gasteiger charge is 2.09. The summed E-state index contributed by atoms with van der Waals surface area (Å²) in [5.74, 6) is 1.33. The lowest BCUT2D eigenvalue weighted by atomic mass is 10.2. The lowest BCUT2D eigenvalue weighted by molar-refractivity contribution is 0.760. The maximum absolute atomic E-state index is 2.29. The van der Waals surface area contributed by atoms with E-state index >= 15 is 0 Å². The molecule has 0 saturated carbocycles. The summed E-state index contributed by atoms with van der Waals surface area (Å²) in [5.41, 5.74) is 0. The van der Waals surface area contributed by atoms with Crippen molar-refractivity contribution >= 4 is 23.5 Å². The highest BCUT2D eigenvalue weighted by molar-refractivity contribution is 8.03. The SMILES string of the molecule is CSCCCC1CC=CS1. The summed E-state index contributed by atoms with van der Waals surface area (Å²) >= 11 is 3.96. The van der Waals surface area contributed by atoms with Gasteiger partial charge in [-0.05, 0) is 36.7 Å². The van der Waals surface area contributed by atoms with Crippen LogP contribution in [0.5, 0.6) is 0 Å². The van der Waals surface area contributed by atoms with E-state index in [0.717, 1.165) is 5.25 Å². The Hall–Kier alpha value is 0.440. The van der Waals surface area contributed by atoms with Crippen molar-refractivity contribution in [3.8, 4) is 0 Å². The molecule has 2 heteroatoms. The molecule has 0 aliphatic carbocycles. The standard InChI is InChI=1S/C8H14S2/c1-9-6-2-4-8-5-3-7-10-8/h3,7-8H,2,4-6H2,1H3. The van der Waals surface area contributed by atoms with Crippen LogP contribution in [-0.2, 0) is 0 Å². The third-order valence-electron chi connectivity index (χ3n) is 1.64. The van der Waals surface area contributed by atoms with Crippen molar-refractivity contribution in [3.05, 3.63) is 11.5 Å². The zero-order valence-electron chi connectivity index (χ0n) is 6.38. The molecule has 10 heavy (non-hydrogen) atoms. The smallest absolute Gasteiger partial charge is 0.0123 e. The van der Waals surface area contributed by atoms with Crippen molar-refractivity contribution < 1.29 is 0 Å². The van der Waals surface area contributed by atoms with Crippen molar-refractivity contribution in [1.29, 1.82) is 0 Å². The maximum Gasteiger partial charge on any atom is 0.0123 e. The van der Waals surface area contributed by atoms with Gasteiger partial charge in [-0.3, -0.25) is 0 Å². The zero-order valence-corrected chi connectivity index (χ0v) is 8.01.